The van der Waals surface area contributed by atoms with Crippen LogP contribution in [0.4, 0.5) is 12.0 Å². The van der Waals surface area contributed by atoms with Gasteiger partial charge in [-0.05, 0) is 27.7 Å². The van der Waals surface area contributed by atoms with Crippen molar-refractivity contribution in [3.05, 3.63) is 17.7 Å². The first kappa shape index (κ1) is 15.2. The van der Waals surface area contributed by atoms with Gasteiger partial charge in [-0.15, -0.1) is 5.10 Å². The first-order valence-corrected chi connectivity index (χ1v) is 6.60. The van der Waals surface area contributed by atoms with Crippen LogP contribution in [0.2, 0.25) is 0 Å². The van der Waals surface area contributed by atoms with Gasteiger partial charge in [0.15, 0.2) is 0 Å². The molecule has 2 N–H and O–H groups in total. The fourth-order valence-electron chi connectivity index (χ4n) is 1.51. The molecule has 0 aliphatic rings. The summed E-state index contributed by atoms with van der Waals surface area (Å²) in [6, 6.07) is 1.98. The van der Waals surface area contributed by atoms with Crippen molar-refractivity contribution in [2.75, 3.05) is 12.4 Å². The number of hydrogen-bond donors (Lipinski definition) is 2. The molecule has 8 heteroatoms. The molecular formula is C13H20N6O2. The van der Waals surface area contributed by atoms with Crippen LogP contribution in [0.25, 0.3) is 0 Å². The molecule has 2 aromatic heterocycles. The number of nitrogens with one attached hydrogen (secondary N) is 2. The van der Waals surface area contributed by atoms with E-state index >= 15 is 0 Å². The Balaban J connectivity index is 2.04. The number of rotatable bonds is 5. The molecule has 0 radical (unpaired) electrons. The predicted octanol–water partition coefficient (Wildman–Crippen LogP) is 1.81. The summed E-state index contributed by atoms with van der Waals surface area (Å²) in [5, 5.41) is 14.0. The normalized spacial score (nSPS) is 11.5. The van der Waals surface area contributed by atoms with Crippen molar-refractivity contribution in [2.24, 2.45) is 0 Å². The minimum absolute atomic E-state index is 0.0188. The van der Waals surface area contributed by atoms with E-state index in [0.29, 0.717) is 24.3 Å². The Hall–Kier alpha value is -2.22. The van der Waals surface area contributed by atoms with Crippen LogP contribution in [0.5, 0.6) is 5.88 Å². The third-order valence-electron chi connectivity index (χ3n) is 2.50. The molecule has 0 aromatic carbocycles. The molecule has 0 amide bonds. The zero-order chi connectivity index (χ0) is 15.5. The molecule has 0 aliphatic heterocycles. The quantitative estimate of drug-likeness (QED) is 0.861. The summed E-state index contributed by atoms with van der Waals surface area (Å²) < 4.78 is 10.6. The van der Waals surface area contributed by atoms with E-state index in [2.05, 4.69) is 51.6 Å². The molecule has 0 bridgehead atoms. The first-order valence-electron chi connectivity index (χ1n) is 6.60. The Kier molecular flexibility index (Phi) is 4.37. The Bertz CT molecular complexity index is 605. The summed E-state index contributed by atoms with van der Waals surface area (Å²) in [5.41, 5.74) is 0.758. The molecule has 0 atom stereocenters. The van der Waals surface area contributed by atoms with Crippen molar-refractivity contribution in [2.45, 2.75) is 39.8 Å². The number of nitrogens with zero attached hydrogens (tertiary/aromatic N) is 4. The van der Waals surface area contributed by atoms with E-state index in [-0.39, 0.29) is 11.6 Å². The summed E-state index contributed by atoms with van der Waals surface area (Å²) in [6.45, 7) is 8.54. The van der Waals surface area contributed by atoms with E-state index < -0.39 is 0 Å². The fraction of sp³-hybridized carbons (Fsp3) is 0.538. The zero-order valence-electron chi connectivity index (χ0n) is 12.9. The second-order valence-electron chi connectivity index (χ2n) is 5.60. The van der Waals surface area contributed by atoms with E-state index in [1.165, 1.54) is 0 Å². The second-order valence-corrected chi connectivity index (χ2v) is 5.60. The predicted molar refractivity (Wildman–Crippen MR) is 77.5 cm³/mol. The first-order chi connectivity index (χ1) is 9.85. The van der Waals surface area contributed by atoms with Gasteiger partial charge in [0.2, 0.25) is 17.7 Å². The Morgan fingerprint density at radius 2 is 2.00 bits per heavy atom. The van der Waals surface area contributed by atoms with Gasteiger partial charge < -0.3 is 14.5 Å². The molecule has 21 heavy (non-hydrogen) atoms. The van der Waals surface area contributed by atoms with E-state index in [4.69, 9.17) is 9.15 Å². The van der Waals surface area contributed by atoms with Gasteiger partial charge >= 0.3 is 6.01 Å². The van der Waals surface area contributed by atoms with E-state index in [1.807, 2.05) is 6.92 Å². The third-order valence-corrected chi connectivity index (χ3v) is 2.50. The van der Waals surface area contributed by atoms with Crippen LogP contribution in [-0.2, 0) is 6.54 Å². The summed E-state index contributed by atoms with van der Waals surface area (Å²) in [7, 11) is 1.55. The molecule has 0 aliphatic carbocycles. The maximum atomic E-state index is 5.48. The van der Waals surface area contributed by atoms with Crippen LogP contribution < -0.4 is 15.4 Å². The van der Waals surface area contributed by atoms with Crippen LogP contribution in [0.15, 0.2) is 10.5 Å². The van der Waals surface area contributed by atoms with Gasteiger partial charge in [0.05, 0.1) is 13.7 Å². The van der Waals surface area contributed by atoms with Gasteiger partial charge in [-0.25, -0.2) is 4.98 Å². The zero-order valence-corrected chi connectivity index (χ0v) is 12.9. The molecule has 114 valence electrons. The SMILES string of the molecule is COc1cc(C)nc(Nc2nnc(CNC(C)(C)C)o2)n1. The van der Waals surface area contributed by atoms with E-state index in [1.54, 1.807) is 13.2 Å². The molecule has 0 saturated carbocycles. The number of ether oxygens (including phenoxy) is 1. The summed E-state index contributed by atoms with van der Waals surface area (Å²) in [4.78, 5) is 8.38. The average Bonchev–Trinajstić information content (AvgIpc) is 2.82. The molecule has 8 nitrogen and oxygen atoms in total. The highest BCUT2D eigenvalue weighted by Gasteiger charge is 2.13. The standard InChI is InChI=1S/C13H20N6O2/c1-8-6-9(20-5)16-11(15-8)17-12-19-18-10(21-12)7-14-13(2,3)4/h6,14H,7H2,1-5H3,(H,15,16,17,19). The molecule has 2 aromatic rings. The second kappa shape index (κ2) is 6.04. The summed E-state index contributed by atoms with van der Waals surface area (Å²) >= 11 is 0. The van der Waals surface area contributed by atoms with Gasteiger partial charge in [-0.1, -0.05) is 5.10 Å². The molecule has 0 saturated heterocycles. The minimum atomic E-state index is -0.0188. The van der Waals surface area contributed by atoms with Gasteiger partial charge in [0, 0.05) is 17.3 Å². The van der Waals surface area contributed by atoms with Crippen molar-refractivity contribution < 1.29 is 9.15 Å². The van der Waals surface area contributed by atoms with Gasteiger partial charge in [-0.3, -0.25) is 5.32 Å². The lowest BCUT2D eigenvalue weighted by Crippen LogP contribution is -2.35. The number of methoxy groups -OCH3 is 1. The monoisotopic (exact) mass is 292 g/mol. The van der Waals surface area contributed by atoms with Crippen molar-refractivity contribution in [3.8, 4) is 5.88 Å². The smallest absolute Gasteiger partial charge is 0.322 e. The number of anilines is 2. The molecule has 2 rings (SSSR count). The highest BCUT2D eigenvalue weighted by Crippen LogP contribution is 2.16. The van der Waals surface area contributed by atoms with Crippen LogP contribution in [0.1, 0.15) is 32.4 Å². The molecule has 0 unspecified atom stereocenters. The van der Waals surface area contributed by atoms with Crippen LogP contribution in [-0.4, -0.2) is 32.8 Å². The molecular weight excluding hydrogens is 272 g/mol. The lowest BCUT2D eigenvalue weighted by Gasteiger charge is -2.18. The van der Waals surface area contributed by atoms with Crippen LogP contribution in [0.3, 0.4) is 0 Å². The fourth-order valence-corrected chi connectivity index (χ4v) is 1.51. The van der Waals surface area contributed by atoms with Gasteiger partial charge in [0.25, 0.3) is 0 Å². The maximum Gasteiger partial charge on any atom is 0.322 e. The minimum Gasteiger partial charge on any atom is -0.481 e. The number of hydrogen-bond acceptors (Lipinski definition) is 8. The average molecular weight is 292 g/mol. The number of aromatic nitrogens is 4. The Labute approximate surface area is 123 Å². The topological polar surface area (TPSA) is 98.0 Å². The van der Waals surface area contributed by atoms with Crippen molar-refractivity contribution in [1.82, 2.24) is 25.5 Å². The lowest BCUT2D eigenvalue weighted by atomic mass is 10.1. The summed E-state index contributed by atoms with van der Waals surface area (Å²) in [6.07, 6.45) is 0. The highest BCUT2D eigenvalue weighted by molar-refractivity contribution is 5.41. The van der Waals surface area contributed by atoms with E-state index in [9.17, 15) is 0 Å². The third kappa shape index (κ3) is 4.67. The lowest BCUT2D eigenvalue weighted by molar-refractivity contribution is 0.384. The van der Waals surface area contributed by atoms with Gasteiger partial charge in [-0.2, -0.15) is 4.98 Å². The van der Waals surface area contributed by atoms with Gasteiger partial charge in [0.1, 0.15) is 0 Å². The summed E-state index contributed by atoms with van der Waals surface area (Å²) in [5.74, 6) is 1.32. The van der Waals surface area contributed by atoms with Crippen LogP contribution >= 0.6 is 0 Å². The van der Waals surface area contributed by atoms with E-state index in [0.717, 1.165) is 5.69 Å². The van der Waals surface area contributed by atoms with Crippen molar-refractivity contribution >= 4 is 12.0 Å². The van der Waals surface area contributed by atoms with Crippen molar-refractivity contribution in [1.29, 1.82) is 0 Å². The molecule has 2 heterocycles. The maximum absolute atomic E-state index is 5.48. The van der Waals surface area contributed by atoms with Crippen LogP contribution in [0, 0.1) is 6.92 Å². The molecule has 0 fully saturated rings. The number of aryl methyl sites for hydroxylation is 1. The van der Waals surface area contributed by atoms with Crippen molar-refractivity contribution in [3.63, 3.8) is 0 Å². The molecule has 0 spiro atoms. The highest BCUT2D eigenvalue weighted by atomic mass is 16.5. The largest absolute Gasteiger partial charge is 0.481 e. The Morgan fingerprint density at radius 3 is 2.67 bits per heavy atom. The Morgan fingerprint density at radius 1 is 1.24 bits per heavy atom.